The molecule has 1 amide bonds. The van der Waals surface area contributed by atoms with E-state index in [2.05, 4.69) is 12.2 Å². The Morgan fingerprint density at radius 3 is 2.32 bits per heavy atom. The Kier molecular flexibility index (Phi) is 7.95. The molecule has 2 aliphatic carbocycles. The molecule has 1 aromatic rings. The molecule has 0 spiro atoms. The smallest absolute Gasteiger partial charge is 0.329 e. The monoisotopic (exact) mass is 430 g/mol. The number of carbonyl (C=O) groups is 2. The summed E-state index contributed by atoms with van der Waals surface area (Å²) in [6.07, 6.45) is 11.7. The maximum atomic E-state index is 13.5. The summed E-state index contributed by atoms with van der Waals surface area (Å²) in [4.78, 5) is 38.8. The summed E-state index contributed by atoms with van der Waals surface area (Å²) in [5, 5.41) is 12.6. The van der Waals surface area contributed by atoms with Gasteiger partial charge in [0.15, 0.2) is 0 Å². The number of pyridine rings is 1. The second-order valence-electron chi connectivity index (χ2n) is 9.46. The quantitative estimate of drug-likeness (QED) is 0.637. The molecule has 2 saturated carbocycles. The van der Waals surface area contributed by atoms with E-state index in [4.69, 9.17) is 0 Å². The summed E-state index contributed by atoms with van der Waals surface area (Å²) < 4.78 is 1.85. The van der Waals surface area contributed by atoms with Gasteiger partial charge < -0.3 is 15.0 Å². The van der Waals surface area contributed by atoms with Crippen LogP contribution in [0.2, 0.25) is 0 Å². The molecule has 2 N–H and O–H groups in total. The van der Waals surface area contributed by atoms with Gasteiger partial charge in [-0.25, -0.2) is 4.79 Å². The Hall–Kier alpha value is -2.11. The lowest BCUT2D eigenvalue weighted by atomic mass is 9.81. The molecule has 0 unspecified atom stereocenters. The first-order valence-electron chi connectivity index (χ1n) is 12.2. The van der Waals surface area contributed by atoms with E-state index in [1.807, 2.05) is 11.5 Å². The van der Waals surface area contributed by atoms with Crippen molar-refractivity contribution >= 4 is 11.9 Å². The number of aryl methyl sites for hydroxylation is 1. The summed E-state index contributed by atoms with van der Waals surface area (Å²) in [6.45, 7) is 4.81. The summed E-state index contributed by atoms with van der Waals surface area (Å²) in [7, 11) is 0. The molecule has 0 aliphatic heterocycles. The summed E-state index contributed by atoms with van der Waals surface area (Å²) >= 11 is 0. The highest BCUT2D eigenvalue weighted by Gasteiger charge is 2.41. The zero-order chi connectivity index (χ0) is 22.4. The second-order valence-corrected chi connectivity index (χ2v) is 9.46. The molecule has 31 heavy (non-hydrogen) atoms. The maximum absolute atomic E-state index is 13.5. The van der Waals surface area contributed by atoms with Gasteiger partial charge in [0.1, 0.15) is 11.1 Å². The van der Waals surface area contributed by atoms with Crippen LogP contribution < -0.4 is 10.9 Å². The van der Waals surface area contributed by atoms with Crippen LogP contribution in [0.3, 0.4) is 0 Å². The van der Waals surface area contributed by atoms with Crippen molar-refractivity contribution in [3.05, 3.63) is 33.2 Å². The molecule has 0 radical (unpaired) electrons. The zero-order valence-corrected chi connectivity index (χ0v) is 19.2. The fourth-order valence-electron chi connectivity index (χ4n) is 5.42. The molecule has 0 bridgehead atoms. The first-order valence-corrected chi connectivity index (χ1v) is 12.2. The number of carbonyl (C=O) groups excluding carboxylic acids is 1. The number of rotatable bonds is 8. The average molecular weight is 431 g/mol. The third-order valence-corrected chi connectivity index (χ3v) is 7.24. The summed E-state index contributed by atoms with van der Waals surface area (Å²) in [5.41, 5.74) is 0.640. The van der Waals surface area contributed by atoms with Crippen LogP contribution in [0.25, 0.3) is 0 Å². The van der Waals surface area contributed by atoms with Gasteiger partial charge in [-0.2, -0.15) is 0 Å². The number of nitrogens with one attached hydrogen (secondary N) is 1. The van der Waals surface area contributed by atoms with Crippen molar-refractivity contribution < 1.29 is 14.7 Å². The van der Waals surface area contributed by atoms with E-state index < -0.39 is 17.4 Å². The van der Waals surface area contributed by atoms with Crippen molar-refractivity contribution in [3.63, 3.8) is 0 Å². The number of aliphatic carboxylic acids is 1. The van der Waals surface area contributed by atoms with E-state index in [9.17, 15) is 19.5 Å². The first kappa shape index (κ1) is 23.6. The van der Waals surface area contributed by atoms with Crippen LogP contribution in [0.4, 0.5) is 0 Å². The van der Waals surface area contributed by atoms with Crippen LogP contribution >= 0.6 is 0 Å². The molecule has 6 heteroatoms. The molecule has 2 fully saturated rings. The van der Waals surface area contributed by atoms with Gasteiger partial charge in [-0.1, -0.05) is 58.8 Å². The molecular weight excluding hydrogens is 392 g/mol. The van der Waals surface area contributed by atoms with Gasteiger partial charge in [-0.15, -0.1) is 0 Å². The Morgan fingerprint density at radius 2 is 1.74 bits per heavy atom. The summed E-state index contributed by atoms with van der Waals surface area (Å²) in [5.74, 6) is -1.07. The van der Waals surface area contributed by atoms with Crippen LogP contribution in [0.1, 0.15) is 106 Å². The SMILES string of the molecule is CCCc1c(CC)cc(C(=O)NC2(C(=O)O)CCCCC2)c(=O)n1CC1CCCCC1. The van der Waals surface area contributed by atoms with Crippen molar-refractivity contribution in [2.24, 2.45) is 5.92 Å². The van der Waals surface area contributed by atoms with E-state index in [0.717, 1.165) is 62.6 Å². The molecule has 0 saturated heterocycles. The number of carboxylic acid groups (broad SMARTS) is 1. The fourth-order valence-corrected chi connectivity index (χ4v) is 5.42. The Morgan fingerprint density at radius 1 is 1.10 bits per heavy atom. The number of nitrogens with zero attached hydrogens (tertiary/aromatic N) is 1. The number of hydrogen-bond donors (Lipinski definition) is 2. The highest BCUT2D eigenvalue weighted by molar-refractivity contribution is 5.97. The third-order valence-electron chi connectivity index (χ3n) is 7.24. The summed E-state index contributed by atoms with van der Waals surface area (Å²) in [6, 6.07) is 1.72. The molecular formula is C25H38N2O4. The van der Waals surface area contributed by atoms with E-state index in [0.29, 0.717) is 25.3 Å². The molecule has 1 heterocycles. The van der Waals surface area contributed by atoms with Gasteiger partial charge in [0.25, 0.3) is 11.5 Å². The zero-order valence-electron chi connectivity index (χ0n) is 19.2. The predicted molar refractivity (Wildman–Crippen MR) is 122 cm³/mol. The van der Waals surface area contributed by atoms with Crippen molar-refractivity contribution in [1.29, 1.82) is 0 Å². The van der Waals surface area contributed by atoms with E-state index in [1.165, 1.54) is 19.3 Å². The Bertz CT molecular complexity index is 846. The van der Waals surface area contributed by atoms with Crippen molar-refractivity contribution in [2.75, 3.05) is 0 Å². The molecule has 2 aliphatic rings. The number of amides is 1. The van der Waals surface area contributed by atoms with Crippen molar-refractivity contribution in [2.45, 2.75) is 109 Å². The molecule has 6 nitrogen and oxygen atoms in total. The second kappa shape index (κ2) is 10.5. The van der Waals surface area contributed by atoms with Gasteiger partial charge in [0, 0.05) is 12.2 Å². The maximum Gasteiger partial charge on any atom is 0.329 e. The highest BCUT2D eigenvalue weighted by atomic mass is 16.4. The minimum absolute atomic E-state index is 0.0960. The third kappa shape index (κ3) is 5.21. The highest BCUT2D eigenvalue weighted by Crippen LogP contribution is 2.29. The molecule has 172 valence electrons. The molecule has 3 rings (SSSR count). The number of aromatic nitrogens is 1. The lowest BCUT2D eigenvalue weighted by molar-refractivity contribution is -0.145. The van der Waals surface area contributed by atoms with E-state index >= 15 is 0 Å². The lowest BCUT2D eigenvalue weighted by Gasteiger charge is -2.34. The van der Waals surface area contributed by atoms with Crippen LogP contribution in [-0.4, -0.2) is 27.1 Å². The number of carboxylic acids is 1. The van der Waals surface area contributed by atoms with Crippen molar-refractivity contribution in [1.82, 2.24) is 9.88 Å². The minimum Gasteiger partial charge on any atom is -0.480 e. The predicted octanol–water partition coefficient (Wildman–Crippen LogP) is 4.46. The van der Waals surface area contributed by atoms with Gasteiger partial charge in [-0.05, 0) is 56.1 Å². The largest absolute Gasteiger partial charge is 0.480 e. The minimum atomic E-state index is -1.26. The van der Waals surface area contributed by atoms with Gasteiger partial charge in [-0.3, -0.25) is 9.59 Å². The average Bonchev–Trinajstić information content (AvgIpc) is 2.77. The topological polar surface area (TPSA) is 88.4 Å². The lowest BCUT2D eigenvalue weighted by Crippen LogP contribution is -2.56. The Balaban J connectivity index is 1.98. The fraction of sp³-hybridized carbons (Fsp3) is 0.720. The van der Waals surface area contributed by atoms with Crippen LogP contribution in [0.5, 0.6) is 0 Å². The van der Waals surface area contributed by atoms with Crippen molar-refractivity contribution in [3.8, 4) is 0 Å². The standard InChI is InChI=1S/C25H38N2O4/c1-3-11-21-19(4-2)16-20(23(29)27(21)17-18-12-7-5-8-13-18)22(28)26-25(24(30)31)14-9-6-10-15-25/h16,18H,3-15,17H2,1-2H3,(H,26,28)(H,30,31). The first-order chi connectivity index (χ1) is 14.9. The van der Waals surface area contributed by atoms with Gasteiger partial charge in [0.05, 0.1) is 0 Å². The number of hydrogen-bond acceptors (Lipinski definition) is 3. The van der Waals surface area contributed by atoms with Crippen LogP contribution in [-0.2, 0) is 24.2 Å². The Labute approximate surface area is 185 Å². The van der Waals surface area contributed by atoms with Crippen LogP contribution in [0, 0.1) is 5.92 Å². The molecule has 0 atom stereocenters. The van der Waals surface area contributed by atoms with Crippen LogP contribution in [0.15, 0.2) is 10.9 Å². The van der Waals surface area contributed by atoms with E-state index in [-0.39, 0.29) is 11.1 Å². The van der Waals surface area contributed by atoms with Gasteiger partial charge >= 0.3 is 5.97 Å². The molecule has 1 aromatic heterocycles. The van der Waals surface area contributed by atoms with Gasteiger partial charge in [0.2, 0.25) is 0 Å². The normalized spacial score (nSPS) is 19.2. The van der Waals surface area contributed by atoms with E-state index in [1.54, 1.807) is 6.07 Å². The molecule has 0 aromatic carbocycles.